The van der Waals surface area contributed by atoms with E-state index in [2.05, 4.69) is 16.1 Å². The SMILES string of the molecule is C=CC(=O)OC1C(F)(F)C(O)(C(F)(F)F)OC1(C)C(F)(F)F. The first-order valence-electron chi connectivity index (χ1n) is 5.31. The van der Waals surface area contributed by atoms with Crippen molar-refractivity contribution in [3.05, 3.63) is 12.7 Å². The Kier molecular flexibility index (Phi) is 4.05. The molecular weight excluding hydrogens is 336 g/mol. The monoisotopic (exact) mass is 344 g/mol. The highest BCUT2D eigenvalue weighted by molar-refractivity contribution is 5.81. The quantitative estimate of drug-likeness (QED) is 0.475. The molecule has 1 N–H and O–H groups in total. The normalized spacial score (nSPS) is 35.3. The molecule has 22 heavy (non-hydrogen) atoms. The van der Waals surface area contributed by atoms with Gasteiger partial charge in [-0.3, -0.25) is 0 Å². The van der Waals surface area contributed by atoms with E-state index in [-0.39, 0.29) is 13.0 Å². The number of carbonyl (C=O) groups excluding carboxylic acids is 1. The van der Waals surface area contributed by atoms with Gasteiger partial charge >= 0.3 is 30.0 Å². The Balaban J connectivity index is 3.53. The van der Waals surface area contributed by atoms with Gasteiger partial charge in [-0.25, -0.2) is 4.79 Å². The summed E-state index contributed by atoms with van der Waals surface area (Å²) in [6.07, 6.45) is -15.7. The lowest BCUT2D eigenvalue weighted by Crippen LogP contribution is -2.60. The van der Waals surface area contributed by atoms with Crippen LogP contribution in [0, 0.1) is 0 Å². The molecule has 1 aliphatic rings. The van der Waals surface area contributed by atoms with Gasteiger partial charge in [0, 0.05) is 6.08 Å². The van der Waals surface area contributed by atoms with E-state index < -0.39 is 41.7 Å². The van der Waals surface area contributed by atoms with Crippen LogP contribution in [0.25, 0.3) is 0 Å². The van der Waals surface area contributed by atoms with Crippen molar-refractivity contribution in [3.8, 4) is 0 Å². The lowest BCUT2D eigenvalue weighted by atomic mass is 9.93. The molecule has 1 saturated heterocycles. The molecular formula is C10H8F8O4. The van der Waals surface area contributed by atoms with Crippen LogP contribution in [0.1, 0.15) is 6.92 Å². The fourth-order valence-electron chi connectivity index (χ4n) is 1.76. The first-order valence-corrected chi connectivity index (χ1v) is 5.31. The highest BCUT2D eigenvalue weighted by atomic mass is 19.4. The number of halogens is 8. The lowest BCUT2D eigenvalue weighted by molar-refractivity contribution is -0.426. The Morgan fingerprint density at radius 1 is 1.23 bits per heavy atom. The predicted octanol–water partition coefficient (Wildman–Crippen LogP) is 2.32. The smallest absolute Gasteiger partial charge is 0.449 e. The molecule has 0 aromatic heterocycles. The number of hydrogen-bond acceptors (Lipinski definition) is 4. The minimum absolute atomic E-state index is 0.165. The maximum Gasteiger partial charge on any atom is 0.449 e. The molecule has 0 radical (unpaired) electrons. The van der Waals surface area contributed by atoms with Crippen LogP contribution in [0.4, 0.5) is 35.1 Å². The summed E-state index contributed by atoms with van der Waals surface area (Å²) in [5.41, 5.74) is -4.31. The number of ether oxygens (including phenoxy) is 2. The Hall–Kier alpha value is -1.43. The molecule has 1 fully saturated rings. The zero-order valence-corrected chi connectivity index (χ0v) is 10.6. The number of rotatable bonds is 2. The molecule has 0 bridgehead atoms. The Bertz CT molecular complexity index is 484. The van der Waals surface area contributed by atoms with E-state index in [1.165, 1.54) is 0 Å². The molecule has 0 aliphatic carbocycles. The first-order chi connectivity index (χ1) is 9.54. The van der Waals surface area contributed by atoms with E-state index in [9.17, 15) is 39.9 Å². The molecule has 12 heteroatoms. The summed E-state index contributed by atoms with van der Waals surface area (Å²) >= 11 is 0. The topological polar surface area (TPSA) is 55.8 Å². The first kappa shape index (κ1) is 18.6. The number of carbonyl (C=O) groups is 1. The molecule has 3 atom stereocenters. The van der Waals surface area contributed by atoms with E-state index in [4.69, 9.17) is 5.11 Å². The Labute approximate surface area is 117 Å². The largest absolute Gasteiger partial charge is 0.449 e. The van der Waals surface area contributed by atoms with Crippen LogP contribution in [0.15, 0.2) is 12.7 Å². The molecule has 128 valence electrons. The van der Waals surface area contributed by atoms with E-state index >= 15 is 0 Å². The molecule has 0 aromatic carbocycles. The van der Waals surface area contributed by atoms with Crippen LogP contribution in [0.5, 0.6) is 0 Å². The van der Waals surface area contributed by atoms with Crippen molar-refractivity contribution in [1.29, 1.82) is 0 Å². The van der Waals surface area contributed by atoms with Crippen molar-refractivity contribution in [3.63, 3.8) is 0 Å². The molecule has 0 saturated carbocycles. The number of esters is 1. The molecule has 0 amide bonds. The van der Waals surface area contributed by atoms with Crippen molar-refractivity contribution in [2.75, 3.05) is 0 Å². The van der Waals surface area contributed by atoms with Gasteiger partial charge in [0.05, 0.1) is 0 Å². The summed E-state index contributed by atoms with van der Waals surface area (Å²) in [6.45, 7) is 2.52. The van der Waals surface area contributed by atoms with Crippen molar-refractivity contribution in [2.24, 2.45) is 0 Å². The average molecular weight is 344 g/mol. The third-order valence-corrected chi connectivity index (χ3v) is 2.99. The third kappa shape index (κ3) is 2.33. The van der Waals surface area contributed by atoms with Gasteiger partial charge in [0.25, 0.3) is 0 Å². The second-order valence-corrected chi connectivity index (χ2v) is 4.49. The van der Waals surface area contributed by atoms with Gasteiger partial charge in [0.2, 0.25) is 11.7 Å². The molecule has 0 aromatic rings. The van der Waals surface area contributed by atoms with Crippen molar-refractivity contribution in [1.82, 2.24) is 0 Å². The van der Waals surface area contributed by atoms with Gasteiger partial charge in [-0.1, -0.05) is 6.58 Å². The summed E-state index contributed by atoms with van der Waals surface area (Å²) in [5, 5.41) is 9.00. The second-order valence-electron chi connectivity index (χ2n) is 4.49. The number of alkyl halides is 8. The second kappa shape index (κ2) is 4.78. The summed E-state index contributed by atoms with van der Waals surface area (Å²) in [5.74, 6) is -13.0. The Morgan fingerprint density at radius 2 is 1.68 bits per heavy atom. The lowest BCUT2D eigenvalue weighted by Gasteiger charge is -2.31. The maximum absolute atomic E-state index is 13.8. The molecule has 4 nitrogen and oxygen atoms in total. The van der Waals surface area contributed by atoms with Gasteiger partial charge in [0.1, 0.15) is 0 Å². The van der Waals surface area contributed by atoms with Crippen LogP contribution in [0.2, 0.25) is 0 Å². The fourth-order valence-corrected chi connectivity index (χ4v) is 1.76. The molecule has 1 aliphatic heterocycles. The van der Waals surface area contributed by atoms with E-state index in [0.717, 1.165) is 0 Å². The zero-order chi connectivity index (χ0) is 17.8. The number of hydrogen-bond donors (Lipinski definition) is 1. The van der Waals surface area contributed by atoms with Gasteiger partial charge in [-0.2, -0.15) is 35.1 Å². The van der Waals surface area contributed by atoms with Crippen LogP contribution in [-0.4, -0.2) is 46.8 Å². The van der Waals surface area contributed by atoms with E-state index in [1.807, 2.05) is 0 Å². The van der Waals surface area contributed by atoms with Crippen LogP contribution < -0.4 is 0 Å². The van der Waals surface area contributed by atoms with Gasteiger partial charge in [-0.15, -0.1) is 0 Å². The molecule has 0 spiro atoms. The van der Waals surface area contributed by atoms with Gasteiger partial charge in [-0.05, 0) is 6.92 Å². The number of aliphatic hydroxyl groups is 1. The maximum atomic E-state index is 13.8. The summed E-state index contributed by atoms with van der Waals surface area (Å²) in [7, 11) is 0. The van der Waals surface area contributed by atoms with E-state index in [0.29, 0.717) is 0 Å². The van der Waals surface area contributed by atoms with Gasteiger partial charge in [0.15, 0.2) is 0 Å². The molecule has 1 heterocycles. The van der Waals surface area contributed by atoms with Gasteiger partial charge < -0.3 is 14.6 Å². The fraction of sp³-hybridized carbons (Fsp3) is 0.700. The summed E-state index contributed by atoms with van der Waals surface area (Å²) < 4.78 is 111. The molecule has 1 rings (SSSR count). The van der Waals surface area contributed by atoms with Crippen molar-refractivity contribution < 1.29 is 54.5 Å². The Morgan fingerprint density at radius 3 is 2.00 bits per heavy atom. The highest BCUT2D eigenvalue weighted by Gasteiger charge is 2.88. The highest BCUT2D eigenvalue weighted by Crippen LogP contribution is 2.59. The predicted molar refractivity (Wildman–Crippen MR) is 51.6 cm³/mol. The molecule has 3 unspecified atom stereocenters. The minimum Gasteiger partial charge on any atom is -0.449 e. The summed E-state index contributed by atoms with van der Waals surface area (Å²) in [4.78, 5) is 10.9. The zero-order valence-electron chi connectivity index (χ0n) is 10.6. The van der Waals surface area contributed by atoms with Crippen molar-refractivity contribution in [2.45, 2.75) is 42.7 Å². The standard InChI is InChI=1S/C10H8F8O4/c1-3-4(19)21-5-6(2,9(13,14)15)22-8(20,7(5,11)12)10(16,17)18/h3,5,20H,1H2,2H3. The van der Waals surface area contributed by atoms with Crippen LogP contribution in [0.3, 0.4) is 0 Å². The summed E-state index contributed by atoms with van der Waals surface area (Å²) in [6, 6.07) is 0. The minimum atomic E-state index is -6.29. The van der Waals surface area contributed by atoms with Crippen LogP contribution in [-0.2, 0) is 14.3 Å². The third-order valence-electron chi connectivity index (χ3n) is 2.99. The average Bonchev–Trinajstić information content (AvgIpc) is 2.47. The van der Waals surface area contributed by atoms with Crippen molar-refractivity contribution >= 4 is 5.97 Å². The van der Waals surface area contributed by atoms with Crippen LogP contribution >= 0.6 is 0 Å². The van der Waals surface area contributed by atoms with E-state index in [1.54, 1.807) is 0 Å².